The summed E-state index contributed by atoms with van der Waals surface area (Å²) in [5.74, 6) is -1.38. The summed E-state index contributed by atoms with van der Waals surface area (Å²) in [6.07, 6.45) is -5.42. The molecule has 0 N–H and O–H groups in total. The third kappa shape index (κ3) is 5.11. The molecule has 0 bridgehead atoms. The lowest BCUT2D eigenvalue weighted by Crippen LogP contribution is -2.30. The molecule has 0 saturated carbocycles. The first-order chi connectivity index (χ1) is 13.3. The number of alkyl halides is 3. The van der Waals surface area contributed by atoms with Crippen molar-refractivity contribution in [1.29, 1.82) is 5.26 Å². The zero-order valence-corrected chi connectivity index (χ0v) is 15.5. The van der Waals surface area contributed by atoms with E-state index in [1.165, 1.54) is 19.2 Å². The number of hydrogen-bond acceptors (Lipinski definition) is 4. The van der Waals surface area contributed by atoms with E-state index in [4.69, 9.17) is 9.47 Å². The van der Waals surface area contributed by atoms with Crippen LogP contribution >= 0.6 is 0 Å². The van der Waals surface area contributed by atoms with Crippen LogP contribution in [0.1, 0.15) is 29.5 Å². The van der Waals surface area contributed by atoms with Gasteiger partial charge in [-0.1, -0.05) is 36.4 Å². The molecule has 7 heteroatoms. The summed E-state index contributed by atoms with van der Waals surface area (Å²) < 4.78 is 49.7. The first-order valence-corrected chi connectivity index (χ1v) is 8.65. The van der Waals surface area contributed by atoms with Gasteiger partial charge in [0.2, 0.25) is 0 Å². The minimum Gasteiger partial charge on any atom is -0.494 e. The van der Waals surface area contributed by atoms with Crippen LogP contribution in [0.3, 0.4) is 0 Å². The number of methoxy groups -OCH3 is 1. The molecule has 2 atom stereocenters. The molecule has 0 amide bonds. The molecule has 0 aliphatic heterocycles. The Morgan fingerprint density at radius 3 is 2.50 bits per heavy atom. The first kappa shape index (κ1) is 21.5. The van der Waals surface area contributed by atoms with Gasteiger partial charge in [0.1, 0.15) is 17.8 Å². The highest BCUT2D eigenvalue weighted by Gasteiger charge is 2.33. The van der Waals surface area contributed by atoms with Crippen LogP contribution in [-0.2, 0) is 22.1 Å². The molecule has 0 radical (unpaired) electrons. The number of para-hydroxylation sites is 1. The Balaban J connectivity index is 2.29. The summed E-state index contributed by atoms with van der Waals surface area (Å²) in [7, 11) is 1.33. The molecule has 0 aliphatic rings. The third-order valence-electron chi connectivity index (χ3n) is 4.24. The number of carbonyl (C=O) groups is 1. The Labute approximate surface area is 161 Å². The Kier molecular flexibility index (Phi) is 7.18. The molecule has 2 rings (SSSR count). The summed E-state index contributed by atoms with van der Waals surface area (Å²) in [4.78, 5) is 12.9. The van der Waals surface area contributed by atoms with Gasteiger partial charge in [-0.15, -0.1) is 0 Å². The van der Waals surface area contributed by atoms with Gasteiger partial charge in [-0.25, -0.2) is 0 Å². The van der Waals surface area contributed by atoms with E-state index >= 15 is 0 Å². The highest BCUT2D eigenvalue weighted by atomic mass is 19.4. The first-order valence-electron chi connectivity index (χ1n) is 8.65. The van der Waals surface area contributed by atoms with Gasteiger partial charge < -0.3 is 9.47 Å². The van der Waals surface area contributed by atoms with Crippen molar-refractivity contribution < 1.29 is 27.4 Å². The molecule has 2 aromatic rings. The minimum absolute atomic E-state index is 0.0116. The number of carbonyl (C=O) groups excluding carboxylic acids is 1. The van der Waals surface area contributed by atoms with Gasteiger partial charge in [0.15, 0.2) is 5.78 Å². The van der Waals surface area contributed by atoms with Crippen LogP contribution in [0.4, 0.5) is 13.2 Å². The second-order valence-electron chi connectivity index (χ2n) is 6.06. The van der Waals surface area contributed by atoms with Gasteiger partial charge in [0, 0.05) is 13.5 Å². The van der Waals surface area contributed by atoms with E-state index in [0.29, 0.717) is 17.9 Å². The Morgan fingerprint density at radius 2 is 1.89 bits per heavy atom. The molecule has 0 aliphatic carbocycles. The summed E-state index contributed by atoms with van der Waals surface area (Å²) in [5.41, 5.74) is -0.207. The smallest absolute Gasteiger partial charge is 0.416 e. The zero-order valence-electron chi connectivity index (χ0n) is 15.5. The van der Waals surface area contributed by atoms with Gasteiger partial charge in [0.05, 0.1) is 18.2 Å². The number of hydrogen-bond donors (Lipinski definition) is 0. The lowest BCUT2D eigenvalue weighted by molar-refractivity contribution is -0.137. The van der Waals surface area contributed by atoms with Crippen LogP contribution in [0, 0.1) is 11.3 Å². The van der Waals surface area contributed by atoms with E-state index < -0.39 is 29.5 Å². The molecule has 28 heavy (non-hydrogen) atoms. The largest absolute Gasteiger partial charge is 0.494 e. The average Bonchev–Trinajstić information content (AvgIpc) is 2.67. The normalized spacial score (nSPS) is 13.4. The number of benzene rings is 2. The van der Waals surface area contributed by atoms with Crippen molar-refractivity contribution in [1.82, 2.24) is 0 Å². The zero-order chi connectivity index (χ0) is 20.7. The number of ketones is 1. The molecule has 2 aromatic carbocycles. The van der Waals surface area contributed by atoms with E-state index in [1.54, 1.807) is 24.3 Å². The van der Waals surface area contributed by atoms with Crippen molar-refractivity contribution in [2.24, 2.45) is 0 Å². The number of nitriles is 1. The van der Waals surface area contributed by atoms with E-state index in [0.717, 1.165) is 12.1 Å². The molecule has 148 valence electrons. The van der Waals surface area contributed by atoms with Crippen molar-refractivity contribution in [3.8, 4) is 11.8 Å². The topological polar surface area (TPSA) is 59.3 Å². The molecular formula is C21H20F3NO3. The van der Waals surface area contributed by atoms with Crippen molar-refractivity contribution in [2.45, 2.75) is 31.5 Å². The Bertz CT molecular complexity index is 858. The predicted molar refractivity (Wildman–Crippen MR) is 96.9 cm³/mol. The van der Waals surface area contributed by atoms with Gasteiger partial charge in [0.25, 0.3) is 0 Å². The number of ether oxygens (including phenoxy) is 2. The monoisotopic (exact) mass is 391 g/mol. The summed E-state index contributed by atoms with van der Waals surface area (Å²) in [5, 5.41) is 9.46. The van der Waals surface area contributed by atoms with Gasteiger partial charge >= 0.3 is 6.18 Å². The van der Waals surface area contributed by atoms with Crippen LogP contribution in [-0.4, -0.2) is 25.6 Å². The van der Waals surface area contributed by atoms with Crippen molar-refractivity contribution in [2.75, 3.05) is 13.7 Å². The van der Waals surface area contributed by atoms with Crippen LogP contribution in [0.2, 0.25) is 0 Å². The fourth-order valence-corrected chi connectivity index (χ4v) is 2.85. The number of halogens is 3. The molecular weight excluding hydrogens is 371 g/mol. The van der Waals surface area contributed by atoms with Crippen LogP contribution in [0.5, 0.6) is 5.75 Å². The lowest BCUT2D eigenvalue weighted by Gasteiger charge is -2.19. The molecule has 0 aromatic heterocycles. The van der Waals surface area contributed by atoms with E-state index in [-0.39, 0.29) is 12.0 Å². The minimum atomic E-state index is -4.56. The molecule has 0 heterocycles. The van der Waals surface area contributed by atoms with Gasteiger partial charge in [-0.3, -0.25) is 4.79 Å². The average molecular weight is 391 g/mol. The summed E-state index contributed by atoms with van der Waals surface area (Å²) in [6, 6.07) is 13.2. The molecule has 0 spiro atoms. The fraction of sp³-hybridized carbons (Fsp3) is 0.333. The quantitative estimate of drug-likeness (QED) is 0.663. The molecule has 2 unspecified atom stereocenters. The summed E-state index contributed by atoms with van der Waals surface area (Å²) >= 11 is 0. The number of nitrogens with zero attached hydrogens (tertiary/aromatic N) is 1. The van der Waals surface area contributed by atoms with E-state index in [2.05, 4.69) is 0 Å². The van der Waals surface area contributed by atoms with E-state index in [1.807, 2.05) is 13.0 Å². The van der Waals surface area contributed by atoms with Gasteiger partial charge in [-0.05, 0) is 30.2 Å². The highest BCUT2D eigenvalue weighted by molar-refractivity contribution is 5.92. The number of Topliss-reactive ketones (excluding diaryl/α,β-unsaturated/α-hetero) is 1. The summed E-state index contributed by atoms with van der Waals surface area (Å²) in [6.45, 7) is 2.27. The maximum Gasteiger partial charge on any atom is 0.416 e. The highest BCUT2D eigenvalue weighted by Crippen LogP contribution is 2.32. The second kappa shape index (κ2) is 9.38. The van der Waals surface area contributed by atoms with Crippen molar-refractivity contribution in [3.63, 3.8) is 0 Å². The van der Waals surface area contributed by atoms with Crippen LogP contribution in [0.15, 0.2) is 48.5 Å². The maximum absolute atomic E-state index is 13.0. The second-order valence-corrected chi connectivity index (χ2v) is 6.06. The Morgan fingerprint density at radius 1 is 1.18 bits per heavy atom. The van der Waals surface area contributed by atoms with Gasteiger partial charge in [-0.2, -0.15) is 18.4 Å². The molecule has 4 nitrogen and oxygen atoms in total. The molecule has 0 saturated heterocycles. The van der Waals surface area contributed by atoms with E-state index in [9.17, 15) is 23.2 Å². The lowest BCUT2D eigenvalue weighted by atomic mass is 9.89. The fourth-order valence-electron chi connectivity index (χ4n) is 2.85. The predicted octanol–water partition coefficient (Wildman–Crippen LogP) is 4.54. The third-order valence-corrected chi connectivity index (χ3v) is 4.24. The number of rotatable bonds is 8. The molecule has 0 fully saturated rings. The standard InChI is InChI=1S/C21H20F3NO3/c1-3-28-18-10-5-4-7-15(18)12-19(27-2)20(26)17(13-25)14-8-6-9-16(11-14)21(22,23)24/h4-11,17,19H,3,12H2,1-2H3. The Hall–Kier alpha value is -2.85. The van der Waals surface area contributed by atoms with Crippen molar-refractivity contribution in [3.05, 3.63) is 65.2 Å². The van der Waals surface area contributed by atoms with Crippen LogP contribution < -0.4 is 4.74 Å². The maximum atomic E-state index is 13.0. The SMILES string of the molecule is CCOc1ccccc1CC(OC)C(=O)C(C#N)c1cccc(C(F)(F)F)c1. The van der Waals surface area contributed by atoms with Crippen LogP contribution in [0.25, 0.3) is 0 Å². The van der Waals surface area contributed by atoms with Crippen molar-refractivity contribution >= 4 is 5.78 Å².